The number of carbonyl (C=O) groups is 2. The van der Waals surface area contributed by atoms with E-state index < -0.39 is 24.2 Å². The predicted molar refractivity (Wildman–Crippen MR) is 233 cm³/mol. The molecule has 3 saturated carbocycles. The standard InChI is InChI=1S/C48H67N5O7/c1-29-40-23-35(48(40,3)4)24-41(29)50-47(58)44-43(30(2)56)42(28-55)60-53(44)25-32-15-11-17-39(45(32)59-7)33-20-34(22-38(21-33)52-18-12-16-37(52)27-54)46(57)49-36(26-51(5)6)19-31-13-9-8-10-14-31/h8-11,13-15,17,20-22,29-30,35-37,40-44,54-56H,12,16,18-19,23-28H2,1-7H3,(H,49,57)(H,50,58)/t29-,30-,35+,36-,37?,40-,41-,42-,43+,44-/m0/s1. The number of nitrogens with zero attached hydrogens (tertiary/aromatic N) is 3. The summed E-state index contributed by atoms with van der Waals surface area (Å²) >= 11 is 0. The Morgan fingerprint density at radius 2 is 1.80 bits per heavy atom. The fourth-order valence-corrected chi connectivity index (χ4v) is 11.0. The third kappa shape index (κ3) is 8.96. The van der Waals surface area contributed by atoms with Crippen molar-refractivity contribution in [3.63, 3.8) is 0 Å². The molecule has 5 fully saturated rings. The molecule has 2 saturated heterocycles. The van der Waals surface area contributed by atoms with Gasteiger partial charge in [0.2, 0.25) is 5.91 Å². The second-order valence-corrected chi connectivity index (χ2v) is 18.8. The van der Waals surface area contributed by atoms with E-state index in [1.54, 1.807) is 19.1 Å². The Morgan fingerprint density at radius 3 is 2.45 bits per heavy atom. The van der Waals surface area contributed by atoms with Crippen molar-refractivity contribution in [3.05, 3.63) is 83.4 Å². The van der Waals surface area contributed by atoms with Gasteiger partial charge in [-0.15, -0.1) is 0 Å². The third-order valence-corrected chi connectivity index (χ3v) is 14.3. The van der Waals surface area contributed by atoms with E-state index in [0.29, 0.717) is 42.0 Å². The number of para-hydroxylation sites is 1. The molecule has 0 radical (unpaired) electrons. The SMILES string of the molecule is COc1c(CN2O[C@@H](CO)[C@@H]([C@H](C)O)[C@H]2C(=O)N[C@H]2C[C@H]3C[C@@H]([C@@H]2C)C3(C)C)cccc1-c1cc(C(=O)N[C@@H](Cc2ccccc2)CN(C)C)cc(N2CCCC2CO)c1. The van der Waals surface area contributed by atoms with E-state index in [0.717, 1.165) is 53.7 Å². The summed E-state index contributed by atoms with van der Waals surface area (Å²) < 4.78 is 6.18. The summed E-state index contributed by atoms with van der Waals surface area (Å²) in [5.74, 6) is 0.911. The van der Waals surface area contributed by atoms with Crippen LogP contribution in [0.25, 0.3) is 11.1 Å². The lowest BCUT2D eigenvalue weighted by Crippen LogP contribution is -2.62. The lowest BCUT2D eigenvalue weighted by atomic mass is 9.45. The highest BCUT2D eigenvalue weighted by Crippen LogP contribution is 2.61. The highest BCUT2D eigenvalue weighted by atomic mass is 16.7. The lowest BCUT2D eigenvalue weighted by Gasteiger charge is -2.62. The molecular formula is C48H67N5O7. The summed E-state index contributed by atoms with van der Waals surface area (Å²) in [7, 11) is 5.61. The summed E-state index contributed by atoms with van der Waals surface area (Å²) in [6.07, 6.45) is 2.88. The summed E-state index contributed by atoms with van der Waals surface area (Å²) in [5.41, 5.74) is 5.01. The van der Waals surface area contributed by atoms with Crippen molar-refractivity contribution in [1.29, 1.82) is 0 Å². The number of rotatable bonds is 16. The van der Waals surface area contributed by atoms with Gasteiger partial charge in [-0.1, -0.05) is 69.3 Å². The molecule has 5 N–H and O–H groups in total. The number of amides is 2. The first kappa shape index (κ1) is 44.0. The third-order valence-electron chi connectivity index (χ3n) is 14.3. The zero-order valence-electron chi connectivity index (χ0n) is 36.5. The number of hydroxylamine groups is 2. The number of carbonyl (C=O) groups excluding carboxylic acids is 2. The van der Waals surface area contributed by atoms with Crippen LogP contribution in [0, 0.1) is 29.1 Å². The van der Waals surface area contributed by atoms with Crippen molar-refractivity contribution in [2.24, 2.45) is 29.1 Å². The van der Waals surface area contributed by atoms with Crippen LogP contribution < -0.4 is 20.3 Å². The Morgan fingerprint density at radius 1 is 1.03 bits per heavy atom. The molecule has 0 aromatic heterocycles. The largest absolute Gasteiger partial charge is 0.496 e. The van der Waals surface area contributed by atoms with E-state index in [-0.39, 0.29) is 55.1 Å². The number of benzene rings is 3. The molecule has 60 heavy (non-hydrogen) atoms. The van der Waals surface area contributed by atoms with Gasteiger partial charge in [0.25, 0.3) is 5.91 Å². The molecule has 8 rings (SSSR count). The molecule has 1 unspecified atom stereocenters. The van der Waals surface area contributed by atoms with Gasteiger partial charge in [-0.05, 0) is 106 Å². The van der Waals surface area contributed by atoms with Gasteiger partial charge in [0.1, 0.15) is 17.9 Å². The van der Waals surface area contributed by atoms with Crippen LogP contribution in [0.1, 0.15) is 74.9 Å². The van der Waals surface area contributed by atoms with E-state index >= 15 is 0 Å². The van der Waals surface area contributed by atoms with Gasteiger partial charge in [0.05, 0.1) is 39.0 Å². The van der Waals surface area contributed by atoms with Crippen molar-refractivity contribution in [2.75, 3.05) is 52.4 Å². The first-order valence-corrected chi connectivity index (χ1v) is 21.9. The van der Waals surface area contributed by atoms with E-state index in [4.69, 9.17) is 9.57 Å². The van der Waals surface area contributed by atoms with Crippen LogP contribution in [0.3, 0.4) is 0 Å². The Labute approximate surface area is 356 Å². The predicted octanol–water partition coefficient (Wildman–Crippen LogP) is 4.89. The molecule has 2 aliphatic heterocycles. The maximum atomic E-state index is 14.4. The lowest BCUT2D eigenvalue weighted by molar-refractivity contribution is -0.183. The average molecular weight is 826 g/mol. The van der Waals surface area contributed by atoms with Crippen molar-refractivity contribution >= 4 is 17.5 Å². The molecule has 10 atom stereocenters. The number of nitrogens with one attached hydrogen (secondary N) is 2. The number of aliphatic hydroxyl groups is 3. The molecule has 5 aliphatic rings. The van der Waals surface area contributed by atoms with Crippen molar-refractivity contribution in [2.45, 2.75) is 103 Å². The van der Waals surface area contributed by atoms with E-state index in [1.807, 2.05) is 62.6 Å². The highest BCUT2D eigenvalue weighted by Gasteiger charge is 2.57. The Balaban J connectivity index is 1.20. The normalized spacial score (nSPS) is 28.3. The van der Waals surface area contributed by atoms with Gasteiger partial charge < -0.3 is 40.5 Å². The van der Waals surface area contributed by atoms with Crippen LogP contribution in [-0.4, -0.2) is 121 Å². The summed E-state index contributed by atoms with van der Waals surface area (Å²) in [6.45, 7) is 9.78. The van der Waals surface area contributed by atoms with Crippen molar-refractivity contribution in [3.8, 4) is 16.9 Å². The second kappa shape index (κ2) is 18.5. The topological polar surface area (TPSA) is 147 Å². The zero-order valence-corrected chi connectivity index (χ0v) is 36.5. The minimum Gasteiger partial charge on any atom is -0.496 e. The molecule has 2 amide bonds. The van der Waals surface area contributed by atoms with Gasteiger partial charge >= 0.3 is 0 Å². The smallest absolute Gasteiger partial charge is 0.251 e. The van der Waals surface area contributed by atoms with Gasteiger partial charge in [-0.25, -0.2) is 0 Å². The second-order valence-electron chi connectivity index (χ2n) is 18.8. The molecule has 326 valence electrons. The molecule has 3 aliphatic carbocycles. The minimum absolute atomic E-state index is 0.0121. The maximum Gasteiger partial charge on any atom is 0.251 e. The molecule has 12 nitrogen and oxygen atoms in total. The van der Waals surface area contributed by atoms with Crippen LogP contribution >= 0.6 is 0 Å². The number of hydrogen-bond donors (Lipinski definition) is 5. The van der Waals surface area contributed by atoms with E-state index in [1.165, 1.54) is 6.42 Å². The number of hydrogen-bond acceptors (Lipinski definition) is 10. The Kier molecular flexibility index (Phi) is 13.6. The number of fused-ring (bicyclic) bond motifs is 2. The summed E-state index contributed by atoms with van der Waals surface area (Å²) in [4.78, 5) is 39.3. The van der Waals surface area contributed by atoms with Crippen LogP contribution in [0.15, 0.2) is 66.7 Å². The number of anilines is 1. The van der Waals surface area contributed by atoms with Crippen LogP contribution in [0.4, 0.5) is 5.69 Å². The first-order chi connectivity index (χ1) is 28.7. The summed E-state index contributed by atoms with van der Waals surface area (Å²) in [6, 6.07) is 20.8. The molecule has 3 aromatic rings. The summed E-state index contributed by atoms with van der Waals surface area (Å²) in [5, 5.41) is 40.1. The first-order valence-electron chi connectivity index (χ1n) is 21.9. The Bertz CT molecular complexity index is 1960. The number of aliphatic hydroxyl groups excluding tert-OH is 3. The fourth-order valence-electron chi connectivity index (χ4n) is 11.0. The van der Waals surface area contributed by atoms with Gasteiger partial charge in [0.15, 0.2) is 0 Å². The van der Waals surface area contributed by atoms with E-state index in [2.05, 4.69) is 59.4 Å². The average Bonchev–Trinajstić information content (AvgIpc) is 3.86. The van der Waals surface area contributed by atoms with Crippen LogP contribution in [0.5, 0.6) is 5.75 Å². The fraction of sp³-hybridized carbons (Fsp3) is 0.583. The van der Waals surface area contributed by atoms with Crippen molar-refractivity contribution in [1.82, 2.24) is 20.6 Å². The van der Waals surface area contributed by atoms with Gasteiger partial charge in [-0.3, -0.25) is 14.4 Å². The highest BCUT2D eigenvalue weighted by molar-refractivity contribution is 5.97. The minimum atomic E-state index is -0.919. The number of ether oxygens (including phenoxy) is 1. The maximum absolute atomic E-state index is 14.4. The quantitative estimate of drug-likeness (QED) is 0.135. The van der Waals surface area contributed by atoms with E-state index in [9.17, 15) is 24.9 Å². The molecule has 12 heteroatoms. The monoisotopic (exact) mass is 826 g/mol. The number of likely N-dealkylation sites (N-methyl/N-ethyl adjacent to an activating group) is 1. The van der Waals surface area contributed by atoms with Gasteiger partial charge in [0, 0.05) is 53.5 Å². The zero-order chi connectivity index (χ0) is 42.9. The molecule has 2 bridgehead atoms. The number of methoxy groups -OCH3 is 1. The Hall–Kier alpha value is -4.04. The molecule has 2 heterocycles. The van der Waals surface area contributed by atoms with Crippen LogP contribution in [-0.2, 0) is 22.6 Å². The van der Waals surface area contributed by atoms with Gasteiger partial charge in [-0.2, -0.15) is 5.06 Å². The van der Waals surface area contributed by atoms with Crippen LogP contribution in [0.2, 0.25) is 0 Å². The molecule has 3 aromatic carbocycles. The van der Waals surface area contributed by atoms with Crippen molar-refractivity contribution < 1.29 is 34.5 Å². The molecular weight excluding hydrogens is 759 g/mol. The molecule has 0 spiro atoms.